The second-order valence-corrected chi connectivity index (χ2v) is 13.1. The van der Waals surface area contributed by atoms with E-state index in [1.54, 1.807) is 0 Å². The molecule has 0 aromatic heterocycles. The summed E-state index contributed by atoms with van der Waals surface area (Å²) in [5.74, 6) is -2.74. The summed E-state index contributed by atoms with van der Waals surface area (Å²) in [5.41, 5.74) is 0. The van der Waals surface area contributed by atoms with E-state index in [0.29, 0.717) is 0 Å². The van der Waals surface area contributed by atoms with E-state index < -0.39 is 21.1 Å². The van der Waals surface area contributed by atoms with Gasteiger partial charge in [-0.05, 0) is 57.3 Å². The molecule has 0 fully saturated rings. The largest absolute Gasteiger partial charge is 0.231 e. The number of hydrogen-bond acceptors (Lipinski definition) is 3. The molecule has 0 N–H and O–H groups in total. The number of hydrogen-bond donors (Lipinski definition) is 0. The molecule has 0 spiro atoms. The summed E-state index contributed by atoms with van der Waals surface area (Å²) in [6.45, 7) is 0. The van der Waals surface area contributed by atoms with Crippen LogP contribution in [0.4, 0.5) is 0 Å². The van der Waals surface area contributed by atoms with Crippen LogP contribution in [-0.2, 0) is 0 Å². The molecule has 0 aromatic carbocycles. The van der Waals surface area contributed by atoms with E-state index >= 15 is 0 Å². The molecule has 0 bridgehead atoms. The van der Waals surface area contributed by atoms with E-state index in [0.717, 1.165) is 7.92 Å². The average Bonchev–Trinajstić information content (AvgIpc) is 1.97. The van der Waals surface area contributed by atoms with Crippen molar-refractivity contribution in [2.75, 3.05) is 0 Å². The van der Waals surface area contributed by atoms with Crippen molar-refractivity contribution in [3.63, 3.8) is 0 Å². The van der Waals surface area contributed by atoms with Gasteiger partial charge >= 0.3 is 0 Å². The minimum atomic E-state index is -2.74. The van der Waals surface area contributed by atoms with Crippen LogP contribution < -0.4 is 0 Å². The molecule has 3 nitrogen and oxygen atoms in total. The van der Waals surface area contributed by atoms with Crippen LogP contribution in [-0.4, -0.2) is 7.92 Å². The molecular formula is Cl6N3P3. The molecule has 0 radical (unpaired) electrons. The molecule has 12 heteroatoms. The van der Waals surface area contributed by atoms with Crippen LogP contribution in [0.5, 0.6) is 0 Å². The van der Waals surface area contributed by atoms with Gasteiger partial charge in [0, 0.05) is 0 Å². The first-order valence-electron chi connectivity index (χ1n) is 2.21. The second-order valence-electron chi connectivity index (χ2n) is 1.51. The molecule has 12 heavy (non-hydrogen) atoms. The van der Waals surface area contributed by atoms with Gasteiger partial charge in [0.15, 0.2) is 7.58 Å². The zero-order chi connectivity index (χ0) is 9.52. The molecule has 1 unspecified atom stereocenters. The molecule has 2 atom stereocenters. The molecule has 1 aliphatic heterocycles. The van der Waals surface area contributed by atoms with Gasteiger partial charge in [0.1, 0.15) is 0 Å². The molecule has 0 saturated heterocycles. The van der Waals surface area contributed by atoms with Gasteiger partial charge in [-0.1, -0.05) is 11.2 Å². The van der Waals surface area contributed by atoms with E-state index in [1.807, 2.05) is 0 Å². The van der Waals surface area contributed by atoms with Crippen LogP contribution in [0.3, 0.4) is 0 Å². The summed E-state index contributed by atoms with van der Waals surface area (Å²) in [5, 5.41) is 0. The third-order valence-corrected chi connectivity index (χ3v) is 14.5. The van der Waals surface area contributed by atoms with Crippen molar-refractivity contribution in [3.8, 4) is 0 Å². The summed E-state index contributed by atoms with van der Waals surface area (Å²) in [6.07, 6.45) is 0. The Bertz CT molecular complexity index is 224. The maximum Gasteiger partial charge on any atom is 0.231 e. The van der Waals surface area contributed by atoms with Crippen LogP contribution >= 0.6 is 89.6 Å². The third kappa shape index (κ3) is 2.65. The Morgan fingerprint density at radius 3 is 2.17 bits per heavy atom. The molecule has 1 aliphatic rings. The highest BCUT2D eigenvalue weighted by atomic mass is 35.9. The van der Waals surface area contributed by atoms with Crippen molar-refractivity contribution >= 4 is 89.6 Å². The summed E-state index contributed by atoms with van der Waals surface area (Å²) >= 11 is 34.3. The SMILES string of the molecule is ClN1P(Cl)N(Cl)P(Cl)(Cl)=N[P@@]1Cl. The van der Waals surface area contributed by atoms with Gasteiger partial charge < -0.3 is 0 Å². The highest BCUT2D eigenvalue weighted by Gasteiger charge is 2.41. The van der Waals surface area contributed by atoms with Gasteiger partial charge in [0.25, 0.3) is 0 Å². The monoisotopic (exact) mass is 345 g/mol. The first kappa shape index (κ1) is 12.8. The average molecular weight is 348 g/mol. The van der Waals surface area contributed by atoms with Crippen LogP contribution in [0, 0.1) is 0 Å². The Morgan fingerprint density at radius 2 is 1.67 bits per heavy atom. The quantitative estimate of drug-likeness (QED) is 0.380. The maximum absolute atomic E-state index is 5.78. The molecule has 0 saturated carbocycles. The molecule has 72 valence electrons. The Labute approximate surface area is 101 Å². The molecule has 0 aromatic rings. The molecule has 0 amide bonds. The normalized spacial score (nSPS) is 37.8. The predicted octanol–water partition coefficient (Wildman–Crippen LogP) is 6.27. The first-order chi connectivity index (χ1) is 5.36. The Hall–Kier alpha value is 2.75. The van der Waals surface area contributed by atoms with Crippen molar-refractivity contribution in [3.05, 3.63) is 0 Å². The van der Waals surface area contributed by atoms with Crippen LogP contribution in [0.15, 0.2) is 4.52 Å². The van der Waals surface area contributed by atoms with E-state index in [9.17, 15) is 0 Å². The zero-order valence-electron chi connectivity index (χ0n) is 4.95. The fourth-order valence-corrected chi connectivity index (χ4v) is 12.4. The zero-order valence-corrected chi connectivity index (χ0v) is 12.2. The van der Waals surface area contributed by atoms with Gasteiger partial charge in [0.05, 0.1) is 0 Å². The van der Waals surface area contributed by atoms with Gasteiger partial charge in [-0.3, -0.25) is 0 Å². The second kappa shape index (κ2) is 4.73. The lowest BCUT2D eigenvalue weighted by atomic mass is 13.8. The molecule has 1 heterocycles. The van der Waals surface area contributed by atoms with Gasteiger partial charge in [0.2, 0.25) is 13.5 Å². The first-order valence-corrected chi connectivity index (χ1v) is 10.7. The van der Waals surface area contributed by atoms with Gasteiger partial charge in [-0.15, -0.1) is 7.92 Å². The summed E-state index contributed by atoms with van der Waals surface area (Å²) < 4.78 is 5.98. The molecular weight excluding hydrogens is 348 g/mol. The maximum atomic E-state index is 5.78. The van der Waals surface area contributed by atoms with Crippen molar-refractivity contribution in [2.24, 2.45) is 4.52 Å². The number of halogens is 6. The van der Waals surface area contributed by atoms with E-state index in [1.165, 1.54) is 0 Å². The lowest BCUT2D eigenvalue weighted by Gasteiger charge is -2.33. The minimum absolute atomic E-state index is 1.03. The standard InChI is InChI=1S/Cl6N3P3/c1-8-10(3)7-12(5,6)9(2)11(8)4/t10-,11?/m1/s1. The van der Waals surface area contributed by atoms with Gasteiger partial charge in [-0.2, -0.15) is 0 Å². The lowest BCUT2D eigenvalue weighted by Crippen LogP contribution is -2.05. The van der Waals surface area contributed by atoms with Crippen LogP contribution in [0.25, 0.3) is 0 Å². The van der Waals surface area contributed by atoms with Gasteiger partial charge in [-0.25, -0.2) is 4.52 Å². The van der Waals surface area contributed by atoms with E-state index in [4.69, 9.17) is 68.5 Å². The fraction of sp³-hybridized carbons (Fsp3) is 0. The third-order valence-electron chi connectivity index (χ3n) is 0.789. The summed E-state index contributed by atoms with van der Waals surface area (Å²) in [6, 6.07) is 0. The van der Waals surface area contributed by atoms with E-state index in [2.05, 4.69) is 4.52 Å². The molecule has 0 aliphatic carbocycles. The Morgan fingerprint density at radius 1 is 1.17 bits per heavy atom. The number of rotatable bonds is 0. The smallest absolute Gasteiger partial charge is 0.201 e. The molecule has 1 rings (SSSR count). The van der Waals surface area contributed by atoms with Crippen LogP contribution in [0.2, 0.25) is 0 Å². The van der Waals surface area contributed by atoms with Crippen molar-refractivity contribution in [2.45, 2.75) is 0 Å². The topological polar surface area (TPSA) is 18.8 Å². The number of nitrogens with zero attached hydrogens (tertiary/aromatic N) is 3. The van der Waals surface area contributed by atoms with Crippen molar-refractivity contribution in [1.29, 1.82) is 0 Å². The van der Waals surface area contributed by atoms with Crippen molar-refractivity contribution in [1.82, 2.24) is 7.92 Å². The highest BCUT2D eigenvalue weighted by molar-refractivity contribution is 8.18. The lowest BCUT2D eigenvalue weighted by molar-refractivity contribution is 1.06. The summed E-state index contributed by atoms with van der Waals surface area (Å²) in [7, 11) is -2.94. The Kier molecular flexibility index (Phi) is 5.05. The predicted molar refractivity (Wildman–Crippen MR) is 62.0 cm³/mol. The summed E-state index contributed by atoms with van der Waals surface area (Å²) in [4.78, 5) is 0. The fourth-order valence-electron chi connectivity index (χ4n) is 0.365. The Balaban J connectivity index is 3.01. The van der Waals surface area contributed by atoms with Crippen LogP contribution in [0.1, 0.15) is 0 Å². The highest BCUT2D eigenvalue weighted by Crippen LogP contribution is 2.85. The minimum Gasteiger partial charge on any atom is -0.201 e. The van der Waals surface area contributed by atoms with Crippen molar-refractivity contribution < 1.29 is 0 Å². The van der Waals surface area contributed by atoms with E-state index in [-0.39, 0.29) is 0 Å².